The normalized spacial score (nSPS) is 29.5. The molecule has 0 saturated carbocycles. The van der Waals surface area contributed by atoms with Gasteiger partial charge in [-0.15, -0.1) is 0 Å². The molecule has 3 rings (SSSR count). The lowest BCUT2D eigenvalue weighted by molar-refractivity contribution is 0.381. The number of likely N-dealkylation sites (tertiary alicyclic amines) is 1. The van der Waals surface area contributed by atoms with Gasteiger partial charge in [0.15, 0.2) is 0 Å². The highest BCUT2D eigenvalue weighted by Gasteiger charge is 2.24. The monoisotopic (exact) mass is 233 g/mol. The van der Waals surface area contributed by atoms with Gasteiger partial charge in [0.05, 0.1) is 0 Å². The van der Waals surface area contributed by atoms with E-state index < -0.39 is 0 Å². The van der Waals surface area contributed by atoms with Crippen molar-refractivity contribution in [3.05, 3.63) is 17.7 Å². The Balaban J connectivity index is 1.72. The van der Waals surface area contributed by atoms with E-state index in [9.17, 15) is 0 Å². The van der Waals surface area contributed by atoms with Crippen molar-refractivity contribution in [1.82, 2.24) is 14.5 Å². The first-order valence-corrected chi connectivity index (χ1v) is 6.94. The zero-order valence-corrected chi connectivity index (χ0v) is 11.0. The van der Waals surface area contributed by atoms with Crippen molar-refractivity contribution < 1.29 is 0 Å². The summed E-state index contributed by atoms with van der Waals surface area (Å²) in [6, 6.07) is 0. The minimum absolute atomic E-state index is 0.825. The molecule has 2 aliphatic rings. The van der Waals surface area contributed by atoms with Crippen molar-refractivity contribution >= 4 is 0 Å². The minimum Gasteiger partial charge on any atom is -0.332 e. The SMILES string of the molecule is CC1CCn2c(cnc2CC2CCN(C)C2)C1. The van der Waals surface area contributed by atoms with E-state index in [2.05, 4.69) is 34.6 Å². The van der Waals surface area contributed by atoms with Crippen LogP contribution in [-0.4, -0.2) is 34.6 Å². The molecule has 3 heteroatoms. The van der Waals surface area contributed by atoms with Crippen LogP contribution in [0.4, 0.5) is 0 Å². The predicted octanol–water partition coefficient (Wildman–Crippen LogP) is 1.96. The molecule has 2 atom stereocenters. The van der Waals surface area contributed by atoms with E-state index in [1.54, 1.807) is 0 Å². The van der Waals surface area contributed by atoms with Crippen LogP contribution in [0, 0.1) is 11.8 Å². The predicted molar refractivity (Wildman–Crippen MR) is 69.0 cm³/mol. The Kier molecular flexibility index (Phi) is 2.95. The summed E-state index contributed by atoms with van der Waals surface area (Å²) in [7, 11) is 2.22. The fourth-order valence-electron chi connectivity index (χ4n) is 3.31. The molecule has 0 amide bonds. The third kappa shape index (κ3) is 2.25. The van der Waals surface area contributed by atoms with Crippen LogP contribution in [0.25, 0.3) is 0 Å². The molecule has 0 spiro atoms. The Morgan fingerprint density at radius 1 is 1.35 bits per heavy atom. The molecule has 2 unspecified atom stereocenters. The topological polar surface area (TPSA) is 21.1 Å². The Bertz CT molecular complexity index is 396. The number of hydrogen-bond donors (Lipinski definition) is 0. The second kappa shape index (κ2) is 4.45. The summed E-state index contributed by atoms with van der Waals surface area (Å²) in [6.07, 6.45) is 7.18. The van der Waals surface area contributed by atoms with Crippen LogP contribution in [0.2, 0.25) is 0 Å². The molecule has 94 valence electrons. The fraction of sp³-hybridized carbons (Fsp3) is 0.786. The number of aromatic nitrogens is 2. The Hall–Kier alpha value is -0.830. The maximum absolute atomic E-state index is 4.67. The van der Waals surface area contributed by atoms with Crippen molar-refractivity contribution in [3.63, 3.8) is 0 Å². The maximum Gasteiger partial charge on any atom is 0.109 e. The van der Waals surface area contributed by atoms with Gasteiger partial charge in [-0.25, -0.2) is 4.98 Å². The highest BCUT2D eigenvalue weighted by molar-refractivity contribution is 5.09. The van der Waals surface area contributed by atoms with Gasteiger partial charge in [-0.1, -0.05) is 6.92 Å². The number of nitrogens with zero attached hydrogens (tertiary/aromatic N) is 3. The summed E-state index contributed by atoms with van der Waals surface area (Å²) in [5, 5.41) is 0. The van der Waals surface area contributed by atoms with E-state index in [-0.39, 0.29) is 0 Å². The lowest BCUT2D eigenvalue weighted by Gasteiger charge is -2.22. The highest BCUT2D eigenvalue weighted by atomic mass is 15.1. The fourth-order valence-corrected chi connectivity index (χ4v) is 3.31. The Morgan fingerprint density at radius 3 is 3.00 bits per heavy atom. The van der Waals surface area contributed by atoms with Crippen LogP contribution in [0.3, 0.4) is 0 Å². The number of hydrogen-bond acceptors (Lipinski definition) is 2. The summed E-state index contributed by atoms with van der Waals surface area (Å²) in [6.45, 7) is 6.05. The molecule has 3 nitrogen and oxygen atoms in total. The second-order valence-electron chi connectivity index (χ2n) is 6.04. The van der Waals surface area contributed by atoms with Crippen LogP contribution in [0.1, 0.15) is 31.3 Å². The molecule has 3 heterocycles. The molecule has 0 N–H and O–H groups in total. The molecular formula is C14H23N3. The van der Waals surface area contributed by atoms with Gasteiger partial charge in [0.1, 0.15) is 5.82 Å². The van der Waals surface area contributed by atoms with Gasteiger partial charge in [0.25, 0.3) is 0 Å². The maximum atomic E-state index is 4.67. The average Bonchev–Trinajstić information content (AvgIpc) is 2.86. The lowest BCUT2D eigenvalue weighted by atomic mass is 9.98. The van der Waals surface area contributed by atoms with Crippen LogP contribution in [-0.2, 0) is 19.4 Å². The van der Waals surface area contributed by atoms with Crippen molar-refractivity contribution in [3.8, 4) is 0 Å². The zero-order chi connectivity index (χ0) is 11.8. The first-order chi connectivity index (χ1) is 8.22. The van der Waals surface area contributed by atoms with Gasteiger partial charge in [0, 0.05) is 31.4 Å². The molecule has 1 fully saturated rings. The lowest BCUT2D eigenvalue weighted by Crippen LogP contribution is -2.20. The quantitative estimate of drug-likeness (QED) is 0.778. The van der Waals surface area contributed by atoms with E-state index in [1.165, 1.54) is 56.8 Å². The molecular weight excluding hydrogens is 210 g/mol. The Labute approximate surface area is 104 Å². The number of rotatable bonds is 2. The van der Waals surface area contributed by atoms with Gasteiger partial charge in [-0.3, -0.25) is 0 Å². The molecule has 0 aromatic carbocycles. The summed E-state index contributed by atoms with van der Waals surface area (Å²) in [4.78, 5) is 7.10. The van der Waals surface area contributed by atoms with Gasteiger partial charge >= 0.3 is 0 Å². The summed E-state index contributed by atoms with van der Waals surface area (Å²) in [5.41, 5.74) is 1.46. The average molecular weight is 233 g/mol. The number of fused-ring (bicyclic) bond motifs is 1. The molecule has 1 aromatic heterocycles. The van der Waals surface area contributed by atoms with E-state index in [1.807, 2.05) is 0 Å². The van der Waals surface area contributed by atoms with Gasteiger partial charge in [-0.2, -0.15) is 0 Å². The molecule has 17 heavy (non-hydrogen) atoms. The van der Waals surface area contributed by atoms with E-state index in [0.717, 1.165) is 11.8 Å². The highest BCUT2D eigenvalue weighted by Crippen LogP contribution is 2.24. The summed E-state index contributed by atoms with van der Waals surface area (Å²) in [5.74, 6) is 3.00. The summed E-state index contributed by atoms with van der Waals surface area (Å²) >= 11 is 0. The number of imidazole rings is 1. The third-order valence-corrected chi connectivity index (χ3v) is 4.38. The smallest absolute Gasteiger partial charge is 0.109 e. The third-order valence-electron chi connectivity index (χ3n) is 4.38. The van der Waals surface area contributed by atoms with Gasteiger partial charge in [-0.05, 0) is 44.7 Å². The van der Waals surface area contributed by atoms with Crippen molar-refractivity contribution in [1.29, 1.82) is 0 Å². The Morgan fingerprint density at radius 2 is 2.24 bits per heavy atom. The molecule has 2 aliphatic heterocycles. The van der Waals surface area contributed by atoms with Crippen molar-refractivity contribution in [2.24, 2.45) is 11.8 Å². The van der Waals surface area contributed by atoms with Crippen LogP contribution >= 0.6 is 0 Å². The molecule has 1 saturated heterocycles. The molecule has 1 aromatic rings. The first-order valence-electron chi connectivity index (χ1n) is 6.94. The van der Waals surface area contributed by atoms with E-state index >= 15 is 0 Å². The van der Waals surface area contributed by atoms with E-state index in [4.69, 9.17) is 0 Å². The van der Waals surface area contributed by atoms with Crippen LogP contribution in [0.15, 0.2) is 6.20 Å². The largest absolute Gasteiger partial charge is 0.332 e. The summed E-state index contributed by atoms with van der Waals surface area (Å²) < 4.78 is 2.48. The molecule has 0 radical (unpaired) electrons. The molecule has 0 bridgehead atoms. The van der Waals surface area contributed by atoms with Crippen molar-refractivity contribution in [2.45, 2.75) is 39.2 Å². The van der Waals surface area contributed by atoms with Crippen molar-refractivity contribution in [2.75, 3.05) is 20.1 Å². The second-order valence-corrected chi connectivity index (χ2v) is 6.04. The van der Waals surface area contributed by atoms with E-state index in [0.29, 0.717) is 0 Å². The first kappa shape index (κ1) is 11.3. The standard InChI is InChI=1S/C14H23N3/c1-11-3-6-17-13(7-11)9-15-14(17)8-12-4-5-16(2)10-12/h9,11-12H,3-8,10H2,1-2H3. The van der Waals surface area contributed by atoms with Gasteiger partial charge < -0.3 is 9.47 Å². The zero-order valence-electron chi connectivity index (χ0n) is 11.0. The van der Waals surface area contributed by atoms with Crippen LogP contribution < -0.4 is 0 Å². The van der Waals surface area contributed by atoms with Crippen LogP contribution in [0.5, 0.6) is 0 Å². The van der Waals surface area contributed by atoms with Gasteiger partial charge in [0.2, 0.25) is 0 Å². The molecule has 0 aliphatic carbocycles. The minimum atomic E-state index is 0.825.